The molecule has 0 aliphatic rings. The standard InChI is InChI=1S/C22H25N3O2S/c1-4-13-25-21(18-8-6-7-16(3)14-18)23-24-22(25)28-15-20(26)17-9-11-19(12-10-17)27-5-2/h6-12,14H,4-5,13,15H2,1-3H3. The van der Waals surface area contributed by atoms with Crippen molar-refractivity contribution in [2.24, 2.45) is 0 Å². The van der Waals surface area contributed by atoms with E-state index in [4.69, 9.17) is 4.74 Å². The van der Waals surface area contributed by atoms with Crippen molar-refractivity contribution in [2.75, 3.05) is 12.4 Å². The molecule has 1 aromatic heterocycles. The molecule has 0 aliphatic heterocycles. The summed E-state index contributed by atoms with van der Waals surface area (Å²) >= 11 is 1.43. The van der Waals surface area contributed by atoms with E-state index in [1.165, 1.54) is 17.3 Å². The monoisotopic (exact) mass is 395 g/mol. The number of rotatable bonds is 9. The molecule has 0 unspecified atom stereocenters. The summed E-state index contributed by atoms with van der Waals surface area (Å²) in [6.07, 6.45) is 0.969. The highest BCUT2D eigenvalue weighted by molar-refractivity contribution is 7.99. The average Bonchev–Trinajstić information content (AvgIpc) is 3.10. The van der Waals surface area contributed by atoms with Gasteiger partial charge in [-0.15, -0.1) is 10.2 Å². The molecule has 0 N–H and O–H groups in total. The predicted octanol–water partition coefficient (Wildman–Crippen LogP) is 5.04. The highest BCUT2D eigenvalue weighted by Gasteiger charge is 2.16. The zero-order valence-corrected chi connectivity index (χ0v) is 17.3. The van der Waals surface area contributed by atoms with Gasteiger partial charge in [-0.25, -0.2) is 0 Å². The van der Waals surface area contributed by atoms with Gasteiger partial charge in [0.25, 0.3) is 0 Å². The lowest BCUT2D eigenvalue weighted by atomic mass is 10.1. The first-order valence-electron chi connectivity index (χ1n) is 9.51. The molecule has 0 amide bonds. The largest absolute Gasteiger partial charge is 0.494 e. The summed E-state index contributed by atoms with van der Waals surface area (Å²) in [5.74, 6) is 2.01. The quantitative estimate of drug-likeness (QED) is 0.375. The van der Waals surface area contributed by atoms with Crippen molar-refractivity contribution in [3.05, 3.63) is 59.7 Å². The molecule has 1 heterocycles. The molecule has 28 heavy (non-hydrogen) atoms. The molecule has 0 radical (unpaired) electrons. The predicted molar refractivity (Wildman–Crippen MR) is 113 cm³/mol. The lowest BCUT2D eigenvalue weighted by Gasteiger charge is -2.09. The van der Waals surface area contributed by atoms with Crippen molar-refractivity contribution in [1.29, 1.82) is 0 Å². The SMILES string of the molecule is CCCn1c(SCC(=O)c2ccc(OCC)cc2)nnc1-c1cccc(C)c1. The Hall–Kier alpha value is -2.60. The summed E-state index contributed by atoms with van der Waals surface area (Å²) in [5.41, 5.74) is 2.91. The van der Waals surface area contributed by atoms with Crippen LogP contribution in [0.2, 0.25) is 0 Å². The molecule has 3 aromatic rings. The number of hydrogen-bond acceptors (Lipinski definition) is 5. The smallest absolute Gasteiger partial charge is 0.191 e. The van der Waals surface area contributed by atoms with Gasteiger partial charge in [0.05, 0.1) is 12.4 Å². The molecular formula is C22H25N3O2S. The average molecular weight is 396 g/mol. The van der Waals surface area contributed by atoms with Crippen LogP contribution in [0, 0.1) is 6.92 Å². The fourth-order valence-corrected chi connectivity index (χ4v) is 3.79. The second-order valence-corrected chi connectivity index (χ2v) is 7.44. The third-order valence-corrected chi connectivity index (χ3v) is 5.23. The van der Waals surface area contributed by atoms with Crippen molar-refractivity contribution in [1.82, 2.24) is 14.8 Å². The molecule has 0 atom stereocenters. The second-order valence-electron chi connectivity index (χ2n) is 6.50. The fourth-order valence-electron chi connectivity index (χ4n) is 2.94. The Morgan fingerprint density at radius 3 is 2.57 bits per heavy atom. The summed E-state index contributed by atoms with van der Waals surface area (Å²) in [4.78, 5) is 12.6. The summed E-state index contributed by atoms with van der Waals surface area (Å²) in [6, 6.07) is 15.5. The van der Waals surface area contributed by atoms with Crippen LogP contribution in [0.25, 0.3) is 11.4 Å². The third-order valence-electron chi connectivity index (χ3n) is 4.26. The van der Waals surface area contributed by atoms with Gasteiger partial charge in [0.2, 0.25) is 0 Å². The number of carbonyl (C=O) groups is 1. The highest BCUT2D eigenvalue weighted by atomic mass is 32.2. The van der Waals surface area contributed by atoms with Gasteiger partial charge in [0.1, 0.15) is 5.75 Å². The third kappa shape index (κ3) is 4.81. The number of hydrogen-bond donors (Lipinski definition) is 0. The topological polar surface area (TPSA) is 57.0 Å². The van der Waals surface area contributed by atoms with Crippen LogP contribution in [-0.2, 0) is 6.54 Å². The van der Waals surface area contributed by atoms with Crippen LogP contribution < -0.4 is 4.74 Å². The maximum Gasteiger partial charge on any atom is 0.191 e. The number of ether oxygens (including phenoxy) is 1. The molecule has 0 fully saturated rings. The molecule has 0 saturated heterocycles. The van der Waals surface area contributed by atoms with Crippen LogP contribution in [0.3, 0.4) is 0 Å². The number of thioether (sulfide) groups is 1. The van der Waals surface area contributed by atoms with E-state index < -0.39 is 0 Å². The number of benzene rings is 2. The van der Waals surface area contributed by atoms with Gasteiger partial charge in [0.15, 0.2) is 16.8 Å². The summed E-state index contributed by atoms with van der Waals surface area (Å²) < 4.78 is 7.53. The van der Waals surface area contributed by atoms with Crippen LogP contribution in [-0.4, -0.2) is 32.9 Å². The van der Waals surface area contributed by atoms with E-state index in [-0.39, 0.29) is 5.78 Å². The first-order chi connectivity index (χ1) is 13.6. The van der Waals surface area contributed by atoms with Gasteiger partial charge in [-0.1, -0.05) is 42.4 Å². The lowest BCUT2D eigenvalue weighted by molar-refractivity contribution is 0.102. The summed E-state index contributed by atoms with van der Waals surface area (Å²) in [5, 5.41) is 9.52. The van der Waals surface area contributed by atoms with Gasteiger partial charge < -0.3 is 9.30 Å². The zero-order valence-electron chi connectivity index (χ0n) is 16.5. The first-order valence-corrected chi connectivity index (χ1v) is 10.5. The van der Waals surface area contributed by atoms with Crippen LogP contribution >= 0.6 is 11.8 Å². The maximum atomic E-state index is 12.6. The van der Waals surface area contributed by atoms with Gasteiger partial charge in [-0.05, 0) is 50.6 Å². The molecule has 6 heteroatoms. The Bertz CT molecular complexity index is 935. The minimum atomic E-state index is 0.0659. The molecule has 2 aromatic carbocycles. The van der Waals surface area contributed by atoms with Gasteiger partial charge in [-0.2, -0.15) is 0 Å². The lowest BCUT2D eigenvalue weighted by Crippen LogP contribution is -2.06. The van der Waals surface area contributed by atoms with Gasteiger partial charge in [-0.3, -0.25) is 4.79 Å². The molecule has 3 rings (SSSR count). The Morgan fingerprint density at radius 1 is 1.11 bits per heavy atom. The zero-order chi connectivity index (χ0) is 19.9. The second kappa shape index (κ2) is 9.55. The number of nitrogens with zero attached hydrogens (tertiary/aromatic N) is 3. The maximum absolute atomic E-state index is 12.6. The summed E-state index contributed by atoms with van der Waals surface area (Å²) in [6.45, 7) is 7.55. The Morgan fingerprint density at radius 2 is 1.89 bits per heavy atom. The molecule has 0 aliphatic carbocycles. The van der Waals surface area contributed by atoms with Crippen molar-refractivity contribution >= 4 is 17.5 Å². The molecule has 5 nitrogen and oxygen atoms in total. The number of ketones is 1. The minimum Gasteiger partial charge on any atom is -0.494 e. The molecule has 0 saturated carbocycles. The van der Waals surface area contributed by atoms with Crippen molar-refractivity contribution in [3.8, 4) is 17.1 Å². The van der Waals surface area contributed by atoms with E-state index in [1.807, 2.05) is 43.3 Å². The van der Waals surface area contributed by atoms with Gasteiger partial charge in [0, 0.05) is 17.7 Å². The van der Waals surface area contributed by atoms with E-state index in [0.717, 1.165) is 35.3 Å². The van der Waals surface area contributed by atoms with Crippen LogP contribution in [0.5, 0.6) is 5.75 Å². The molecule has 146 valence electrons. The highest BCUT2D eigenvalue weighted by Crippen LogP contribution is 2.26. The van der Waals surface area contributed by atoms with Crippen LogP contribution in [0.1, 0.15) is 36.2 Å². The van der Waals surface area contributed by atoms with E-state index in [9.17, 15) is 4.79 Å². The number of aryl methyl sites for hydroxylation is 1. The van der Waals surface area contributed by atoms with E-state index >= 15 is 0 Å². The number of Topliss-reactive ketones (excluding diaryl/α,β-unsaturated/α-hetero) is 1. The van der Waals surface area contributed by atoms with E-state index in [1.54, 1.807) is 0 Å². The number of carbonyl (C=O) groups excluding carboxylic acids is 1. The van der Waals surface area contributed by atoms with Crippen molar-refractivity contribution in [3.63, 3.8) is 0 Å². The molecule has 0 bridgehead atoms. The van der Waals surface area contributed by atoms with Gasteiger partial charge >= 0.3 is 0 Å². The first kappa shape index (κ1) is 20.1. The van der Waals surface area contributed by atoms with E-state index in [2.05, 4.69) is 40.7 Å². The minimum absolute atomic E-state index is 0.0659. The van der Waals surface area contributed by atoms with E-state index in [0.29, 0.717) is 17.9 Å². The summed E-state index contributed by atoms with van der Waals surface area (Å²) in [7, 11) is 0. The Kier molecular flexibility index (Phi) is 6.87. The number of aromatic nitrogens is 3. The normalized spacial score (nSPS) is 10.8. The van der Waals surface area contributed by atoms with Crippen LogP contribution in [0.4, 0.5) is 0 Å². The Balaban J connectivity index is 1.74. The Labute approximate surface area is 170 Å². The van der Waals surface area contributed by atoms with Crippen LogP contribution in [0.15, 0.2) is 53.7 Å². The molecular weight excluding hydrogens is 370 g/mol. The van der Waals surface area contributed by atoms with Crippen molar-refractivity contribution in [2.45, 2.75) is 38.9 Å². The molecule has 0 spiro atoms. The van der Waals surface area contributed by atoms with Crippen molar-refractivity contribution < 1.29 is 9.53 Å². The fraction of sp³-hybridized carbons (Fsp3) is 0.318.